The number of hydrogen-bond acceptors (Lipinski definition) is 3. The Hall–Kier alpha value is -1.88. The van der Waals surface area contributed by atoms with E-state index in [1.807, 2.05) is 36.5 Å². The zero-order valence-electron chi connectivity index (χ0n) is 10.4. The van der Waals surface area contributed by atoms with Crippen molar-refractivity contribution in [1.82, 2.24) is 0 Å². The Bertz CT molecular complexity index is 415. The molecule has 5 nitrogen and oxygen atoms in total. The molecule has 18 heavy (non-hydrogen) atoms. The average Bonchev–Trinajstić information content (AvgIpc) is 2.28. The summed E-state index contributed by atoms with van der Waals surface area (Å²) in [5.41, 5.74) is 7.08. The third-order valence-corrected chi connectivity index (χ3v) is 2.73. The molecule has 1 aromatic rings. The number of primary amides is 1. The van der Waals surface area contributed by atoms with Crippen molar-refractivity contribution in [3.8, 4) is 0 Å². The van der Waals surface area contributed by atoms with E-state index in [0.29, 0.717) is 6.54 Å². The molecule has 1 atom stereocenters. The number of carbonyl (C=O) groups is 2. The fraction of sp³-hybridized carbons (Fsp3) is 0.385. The van der Waals surface area contributed by atoms with Crippen LogP contribution in [0, 0.1) is 6.92 Å². The van der Waals surface area contributed by atoms with Crippen LogP contribution in [0.1, 0.15) is 30.0 Å². The lowest BCUT2D eigenvalue weighted by Crippen LogP contribution is -2.86. The highest BCUT2D eigenvalue weighted by atomic mass is 16.4. The van der Waals surface area contributed by atoms with Gasteiger partial charge in [-0.25, -0.2) is 0 Å². The number of carbonyl (C=O) groups excluding carboxylic acids is 2. The first-order chi connectivity index (χ1) is 8.49. The van der Waals surface area contributed by atoms with Crippen LogP contribution in [0.25, 0.3) is 0 Å². The molecule has 0 aromatic heterocycles. The molecule has 0 aliphatic rings. The molecule has 0 saturated carbocycles. The first-order valence-electron chi connectivity index (χ1n) is 5.87. The zero-order valence-corrected chi connectivity index (χ0v) is 10.4. The van der Waals surface area contributed by atoms with Crippen LogP contribution in [-0.2, 0) is 9.59 Å². The van der Waals surface area contributed by atoms with Gasteiger partial charge in [-0.05, 0) is 6.92 Å². The topological polar surface area (TPSA) is 99.8 Å². The maximum atomic E-state index is 10.7. The third-order valence-electron chi connectivity index (χ3n) is 2.73. The summed E-state index contributed by atoms with van der Waals surface area (Å²) in [4.78, 5) is 21.4. The standard InChI is InChI=1S/C13H18N2O3/c1-9-2-4-10(5-3-9)11(8-13(17)18)15-7-6-12(14)16/h2-5,11,15H,6-8H2,1H3,(H2,14,16)(H,17,18)/t11-/m1/s1. The van der Waals surface area contributed by atoms with Crippen molar-refractivity contribution in [3.63, 3.8) is 0 Å². The van der Waals surface area contributed by atoms with Crippen LogP contribution >= 0.6 is 0 Å². The first-order valence-corrected chi connectivity index (χ1v) is 5.87. The van der Waals surface area contributed by atoms with Gasteiger partial charge in [0.25, 0.3) is 0 Å². The molecule has 4 N–H and O–H groups in total. The smallest absolute Gasteiger partial charge is 0.223 e. The lowest BCUT2D eigenvalue weighted by molar-refractivity contribution is -0.694. The van der Waals surface area contributed by atoms with Crippen molar-refractivity contribution < 1.29 is 20.0 Å². The van der Waals surface area contributed by atoms with Crippen molar-refractivity contribution in [2.75, 3.05) is 6.54 Å². The van der Waals surface area contributed by atoms with Crippen LogP contribution < -0.4 is 16.2 Å². The largest absolute Gasteiger partial charge is 0.550 e. The molecular formula is C13H18N2O3. The zero-order chi connectivity index (χ0) is 13.5. The summed E-state index contributed by atoms with van der Waals surface area (Å²) < 4.78 is 0. The molecule has 0 bridgehead atoms. The van der Waals surface area contributed by atoms with Crippen LogP contribution in [0.5, 0.6) is 0 Å². The molecule has 1 aromatic carbocycles. The number of aryl methyl sites for hydroxylation is 1. The van der Waals surface area contributed by atoms with Gasteiger partial charge in [0, 0.05) is 18.0 Å². The molecule has 5 heteroatoms. The van der Waals surface area contributed by atoms with Gasteiger partial charge in [-0.3, -0.25) is 4.79 Å². The second-order valence-corrected chi connectivity index (χ2v) is 4.33. The first kappa shape index (κ1) is 14.2. The number of hydrogen-bond donors (Lipinski definition) is 2. The lowest BCUT2D eigenvalue weighted by atomic mass is 10.0. The summed E-state index contributed by atoms with van der Waals surface area (Å²) in [5, 5.41) is 12.5. The van der Waals surface area contributed by atoms with E-state index in [4.69, 9.17) is 5.73 Å². The molecule has 0 saturated heterocycles. The Morgan fingerprint density at radius 1 is 1.33 bits per heavy atom. The van der Waals surface area contributed by atoms with Gasteiger partial charge in [0.15, 0.2) is 0 Å². The minimum Gasteiger partial charge on any atom is -0.550 e. The van der Waals surface area contributed by atoms with Crippen LogP contribution in [-0.4, -0.2) is 18.4 Å². The maximum absolute atomic E-state index is 10.7. The minimum atomic E-state index is -1.10. The predicted molar refractivity (Wildman–Crippen MR) is 64.1 cm³/mol. The maximum Gasteiger partial charge on any atom is 0.223 e. The summed E-state index contributed by atoms with van der Waals surface area (Å²) in [6, 6.07) is 7.40. The van der Waals surface area contributed by atoms with Gasteiger partial charge in [-0.1, -0.05) is 29.8 Å². The highest BCUT2D eigenvalue weighted by molar-refractivity contribution is 5.73. The number of carboxylic acid groups (broad SMARTS) is 1. The molecule has 1 amide bonds. The lowest BCUT2D eigenvalue weighted by Gasteiger charge is -2.16. The molecule has 1 rings (SSSR count). The minimum absolute atomic E-state index is 0.0815. The summed E-state index contributed by atoms with van der Waals surface area (Å²) >= 11 is 0. The number of aliphatic carboxylic acids is 1. The Morgan fingerprint density at radius 2 is 1.94 bits per heavy atom. The summed E-state index contributed by atoms with van der Waals surface area (Å²) in [5.74, 6) is -1.49. The van der Waals surface area contributed by atoms with Crippen LogP contribution in [0.2, 0.25) is 0 Å². The molecule has 0 aliphatic carbocycles. The quantitative estimate of drug-likeness (QED) is 0.623. The monoisotopic (exact) mass is 250 g/mol. The second kappa shape index (κ2) is 6.76. The SMILES string of the molecule is Cc1ccc([C@@H](CC(=O)[O-])[NH2+]CCC(N)=O)cc1. The van der Waals surface area contributed by atoms with Gasteiger partial charge in [0.2, 0.25) is 5.91 Å². The number of carboxylic acids is 1. The number of rotatable bonds is 7. The fourth-order valence-electron chi connectivity index (χ4n) is 1.76. The Morgan fingerprint density at radius 3 is 2.44 bits per heavy atom. The molecule has 0 radical (unpaired) electrons. The molecule has 0 aliphatic heterocycles. The highest BCUT2D eigenvalue weighted by Crippen LogP contribution is 2.13. The Balaban J connectivity index is 2.68. The Kier molecular flexibility index (Phi) is 5.32. The molecule has 0 unspecified atom stereocenters. The van der Waals surface area contributed by atoms with Gasteiger partial charge in [-0.2, -0.15) is 0 Å². The average molecular weight is 250 g/mol. The number of nitrogens with two attached hydrogens (primary N) is 2. The van der Waals surface area contributed by atoms with Crippen molar-refractivity contribution in [1.29, 1.82) is 0 Å². The van der Waals surface area contributed by atoms with Gasteiger partial charge in [-0.15, -0.1) is 0 Å². The van der Waals surface area contributed by atoms with E-state index in [9.17, 15) is 14.7 Å². The van der Waals surface area contributed by atoms with Crippen molar-refractivity contribution >= 4 is 11.9 Å². The van der Waals surface area contributed by atoms with Crippen molar-refractivity contribution in [2.24, 2.45) is 5.73 Å². The van der Waals surface area contributed by atoms with E-state index in [2.05, 4.69) is 0 Å². The molecule has 0 spiro atoms. The van der Waals surface area contributed by atoms with Gasteiger partial charge in [0.05, 0.1) is 13.0 Å². The summed E-state index contributed by atoms with van der Waals surface area (Å²) in [6.45, 7) is 2.44. The number of quaternary nitrogens is 1. The normalized spacial score (nSPS) is 12.1. The summed E-state index contributed by atoms with van der Waals surface area (Å²) in [7, 11) is 0. The van der Waals surface area contributed by atoms with Crippen LogP contribution in [0.3, 0.4) is 0 Å². The molecule has 0 heterocycles. The van der Waals surface area contributed by atoms with E-state index in [-0.39, 0.29) is 24.8 Å². The number of amides is 1. The van der Waals surface area contributed by atoms with Crippen molar-refractivity contribution in [2.45, 2.75) is 25.8 Å². The fourth-order valence-corrected chi connectivity index (χ4v) is 1.76. The van der Waals surface area contributed by atoms with Crippen molar-refractivity contribution in [3.05, 3.63) is 35.4 Å². The van der Waals surface area contributed by atoms with Gasteiger partial charge >= 0.3 is 0 Å². The third kappa shape index (κ3) is 4.97. The number of benzene rings is 1. The molecule has 0 fully saturated rings. The summed E-state index contributed by atoms with van der Waals surface area (Å²) in [6.07, 6.45) is 0.150. The van der Waals surface area contributed by atoms with E-state index in [0.717, 1.165) is 11.1 Å². The Labute approximate surface area is 106 Å². The molecule has 98 valence electrons. The van der Waals surface area contributed by atoms with E-state index >= 15 is 0 Å². The molecular weight excluding hydrogens is 232 g/mol. The van der Waals surface area contributed by atoms with E-state index < -0.39 is 5.97 Å². The van der Waals surface area contributed by atoms with Gasteiger partial charge in [0.1, 0.15) is 6.04 Å². The van der Waals surface area contributed by atoms with Crippen LogP contribution in [0.15, 0.2) is 24.3 Å². The van der Waals surface area contributed by atoms with E-state index in [1.54, 1.807) is 0 Å². The predicted octanol–water partition coefficient (Wildman–Crippen LogP) is -1.39. The highest BCUT2D eigenvalue weighted by Gasteiger charge is 2.15. The van der Waals surface area contributed by atoms with Gasteiger partial charge < -0.3 is 21.0 Å². The van der Waals surface area contributed by atoms with Crippen LogP contribution in [0.4, 0.5) is 0 Å². The van der Waals surface area contributed by atoms with E-state index in [1.165, 1.54) is 0 Å². The second-order valence-electron chi connectivity index (χ2n) is 4.33.